The van der Waals surface area contributed by atoms with Gasteiger partial charge in [-0.1, -0.05) is 6.07 Å². The van der Waals surface area contributed by atoms with Gasteiger partial charge < -0.3 is 4.42 Å². The van der Waals surface area contributed by atoms with Crippen molar-refractivity contribution in [3.05, 3.63) is 47.2 Å². The van der Waals surface area contributed by atoms with Crippen LogP contribution in [0.4, 0.5) is 18.9 Å². The van der Waals surface area contributed by atoms with Crippen molar-refractivity contribution >= 4 is 27.0 Å². The number of sulfonamides is 1. The molecule has 0 atom stereocenters. The summed E-state index contributed by atoms with van der Waals surface area (Å²) in [5.74, 6) is -5.02. The van der Waals surface area contributed by atoms with E-state index in [1.54, 1.807) is 0 Å². The molecule has 12 heteroatoms. The number of aromatic nitrogens is 3. The summed E-state index contributed by atoms with van der Waals surface area (Å²) in [5, 5.41) is 7.23. The van der Waals surface area contributed by atoms with Crippen LogP contribution in [0.15, 0.2) is 34.9 Å². The molecule has 0 saturated heterocycles. The predicted octanol–water partition coefficient (Wildman–Crippen LogP) is 3.80. The van der Waals surface area contributed by atoms with Crippen molar-refractivity contribution in [2.45, 2.75) is 26.3 Å². The molecular formula is C16H15F3N4O3S2. The quantitative estimate of drug-likeness (QED) is 0.564. The van der Waals surface area contributed by atoms with E-state index in [1.165, 1.54) is 31.3 Å². The Kier molecular flexibility index (Phi) is 5.44. The zero-order valence-electron chi connectivity index (χ0n) is 14.8. The first kappa shape index (κ1) is 20.3. The third kappa shape index (κ3) is 4.33. The third-order valence-corrected chi connectivity index (χ3v) is 6.35. The number of nitrogens with zero attached hydrogens (tertiary/aromatic N) is 4. The van der Waals surface area contributed by atoms with E-state index in [9.17, 15) is 21.6 Å². The van der Waals surface area contributed by atoms with Crippen LogP contribution in [0.3, 0.4) is 0 Å². The van der Waals surface area contributed by atoms with Crippen molar-refractivity contribution in [3.63, 3.8) is 0 Å². The van der Waals surface area contributed by atoms with E-state index in [1.807, 2.05) is 0 Å². The van der Waals surface area contributed by atoms with Crippen molar-refractivity contribution in [1.82, 2.24) is 15.2 Å². The minimum Gasteiger partial charge on any atom is -0.414 e. The molecule has 0 unspecified atom stereocenters. The highest BCUT2D eigenvalue weighted by molar-refractivity contribution is 7.92. The van der Waals surface area contributed by atoms with Crippen molar-refractivity contribution < 1.29 is 26.0 Å². The molecule has 0 spiro atoms. The van der Waals surface area contributed by atoms with Crippen LogP contribution in [-0.2, 0) is 22.5 Å². The van der Waals surface area contributed by atoms with Crippen LogP contribution in [-0.4, -0.2) is 29.4 Å². The van der Waals surface area contributed by atoms with Crippen LogP contribution in [0, 0.1) is 5.82 Å². The topological polar surface area (TPSA) is 89.2 Å². The highest BCUT2D eigenvalue weighted by Crippen LogP contribution is 2.32. The highest BCUT2D eigenvalue weighted by atomic mass is 32.2. The zero-order chi connectivity index (χ0) is 20.5. The van der Waals surface area contributed by atoms with Crippen molar-refractivity contribution in [1.29, 1.82) is 0 Å². The van der Waals surface area contributed by atoms with Gasteiger partial charge >= 0.3 is 5.92 Å². The van der Waals surface area contributed by atoms with Crippen molar-refractivity contribution in [3.8, 4) is 10.8 Å². The largest absolute Gasteiger partial charge is 0.414 e. The molecule has 2 heterocycles. The Balaban J connectivity index is 1.90. The monoisotopic (exact) mass is 432 g/mol. The van der Waals surface area contributed by atoms with Crippen LogP contribution in [0.5, 0.6) is 0 Å². The van der Waals surface area contributed by atoms with Crippen LogP contribution < -0.4 is 4.31 Å². The Bertz CT molecular complexity index is 1080. The summed E-state index contributed by atoms with van der Waals surface area (Å²) in [5.41, 5.74) is 0.157. The first-order chi connectivity index (χ1) is 13.1. The minimum atomic E-state index is -3.72. The number of thiazole rings is 1. The van der Waals surface area contributed by atoms with Gasteiger partial charge in [-0.2, -0.15) is 8.78 Å². The molecule has 28 heavy (non-hydrogen) atoms. The summed E-state index contributed by atoms with van der Waals surface area (Å²) in [7, 11) is -3.72. The van der Waals surface area contributed by atoms with Gasteiger partial charge in [0.1, 0.15) is 15.7 Å². The second-order valence-corrected chi connectivity index (χ2v) is 9.10. The molecule has 0 aliphatic carbocycles. The van der Waals surface area contributed by atoms with Gasteiger partial charge in [0.05, 0.1) is 24.2 Å². The second-order valence-electron chi connectivity index (χ2n) is 5.81. The Labute approximate surface area is 162 Å². The maximum atomic E-state index is 13.6. The van der Waals surface area contributed by atoms with Crippen LogP contribution >= 0.6 is 11.3 Å². The summed E-state index contributed by atoms with van der Waals surface area (Å²) in [6.45, 7) is 1.95. The van der Waals surface area contributed by atoms with E-state index in [-0.39, 0.29) is 23.9 Å². The van der Waals surface area contributed by atoms with Crippen LogP contribution in [0.25, 0.3) is 10.8 Å². The highest BCUT2D eigenvalue weighted by Gasteiger charge is 2.32. The Morgan fingerprint density at radius 3 is 2.64 bits per heavy atom. The molecule has 0 N–H and O–H groups in total. The number of rotatable bonds is 7. The molecule has 0 saturated carbocycles. The summed E-state index contributed by atoms with van der Waals surface area (Å²) < 4.78 is 71.0. The zero-order valence-corrected chi connectivity index (χ0v) is 16.4. The van der Waals surface area contributed by atoms with Gasteiger partial charge in [-0.3, -0.25) is 4.31 Å². The van der Waals surface area contributed by atoms with E-state index >= 15 is 0 Å². The molecule has 3 aromatic rings. The molecule has 150 valence electrons. The van der Waals surface area contributed by atoms with Crippen LogP contribution in [0.2, 0.25) is 0 Å². The molecule has 3 rings (SSSR count). The summed E-state index contributed by atoms with van der Waals surface area (Å²) >= 11 is 1.01. The molecule has 0 fully saturated rings. The fourth-order valence-corrected chi connectivity index (χ4v) is 4.22. The first-order valence-electron chi connectivity index (χ1n) is 8.03. The standard InChI is InChI=1S/C16H15F3N4O3S2/c1-3-28(24,25)23(11-6-4-5-10(17)7-11)9-13-20-8-12(27-13)14-21-22-15(26-14)16(2,18)19/h4-8H,3,9H2,1-2H3. The number of hydrogen-bond acceptors (Lipinski definition) is 7. The summed E-state index contributed by atoms with van der Waals surface area (Å²) in [6.07, 6.45) is 1.33. The number of halogens is 3. The predicted molar refractivity (Wildman–Crippen MR) is 97.0 cm³/mol. The van der Waals surface area contributed by atoms with Gasteiger partial charge in [-0.25, -0.2) is 17.8 Å². The SMILES string of the molecule is CCS(=O)(=O)N(Cc1ncc(-c2nnc(C(C)(F)F)o2)s1)c1cccc(F)c1. The lowest BCUT2D eigenvalue weighted by Crippen LogP contribution is -2.31. The van der Waals surface area contributed by atoms with E-state index in [0.29, 0.717) is 16.8 Å². The molecule has 7 nitrogen and oxygen atoms in total. The molecule has 0 amide bonds. The van der Waals surface area contributed by atoms with Gasteiger partial charge in [-0.15, -0.1) is 21.5 Å². The summed E-state index contributed by atoms with van der Waals surface area (Å²) in [6, 6.07) is 5.19. The third-order valence-electron chi connectivity index (χ3n) is 3.64. The number of alkyl halides is 2. The van der Waals surface area contributed by atoms with Gasteiger partial charge in [0, 0.05) is 6.92 Å². The van der Waals surface area contributed by atoms with Gasteiger partial charge in [-0.05, 0) is 25.1 Å². The molecule has 1 aromatic carbocycles. The van der Waals surface area contributed by atoms with E-state index in [4.69, 9.17) is 4.42 Å². The lowest BCUT2D eigenvalue weighted by Gasteiger charge is -2.22. The number of anilines is 1. The van der Waals surface area contributed by atoms with Gasteiger partial charge in [0.25, 0.3) is 11.8 Å². The Morgan fingerprint density at radius 1 is 1.29 bits per heavy atom. The lowest BCUT2D eigenvalue weighted by molar-refractivity contribution is -0.0105. The number of hydrogen-bond donors (Lipinski definition) is 0. The fraction of sp³-hybridized carbons (Fsp3) is 0.312. The Morgan fingerprint density at radius 2 is 2.04 bits per heavy atom. The maximum Gasteiger partial charge on any atom is 0.321 e. The van der Waals surface area contributed by atoms with E-state index in [2.05, 4.69) is 15.2 Å². The van der Waals surface area contributed by atoms with E-state index in [0.717, 1.165) is 21.7 Å². The lowest BCUT2D eigenvalue weighted by atomic mass is 10.3. The van der Waals surface area contributed by atoms with Gasteiger partial charge in [0.2, 0.25) is 10.0 Å². The molecule has 0 bridgehead atoms. The Hall–Kier alpha value is -2.47. The average molecular weight is 432 g/mol. The maximum absolute atomic E-state index is 13.6. The normalized spacial score (nSPS) is 12.3. The van der Waals surface area contributed by atoms with Crippen molar-refractivity contribution in [2.24, 2.45) is 0 Å². The minimum absolute atomic E-state index is 0.143. The smallest absolute Gasteiger partial charge is 0.321 e. The fourth-order valence-electron chi connectivity index (χ4n) is 2.24. The first-order valence-corrected chi connectivity index (χ1v) is 10.5. The molecule has 0 radical (unpaired) electrons. The second kappa shape index (κ2) is 7.51. The number of benzene rings is 1. The molecule has 0 aliphatic rings. The van der Waals surface area contributed by atoms with Crippen molar-refractivity contribution in [2.75, 3.05) is 10.1 Å². The van der Waals surface area contributed by atoms with E-state index < -0.39 is 27.7 Å². The molecular weight excluding hydrogens is 417 g/mol. The van der Waals surface area contributed by atoms with Crippen LogP contribution in [0.1, 0.15) is 24.7 Å². The molecule has 0 aliphatic heterocycles. The summed E-state index contributed by atoms with van der Waals surface area (Å²) in [4.78, 5) is 4.41. The average Bonchev–Trinajstić information content (AvgIpc) is 3.28. The molecule has 2 aromatic heterocycles. The van der Waals surface area contributed by atoms with Gasteiger partial charge in [0.15, 0.2) is 0 Å².